The summed E-state index contributed by atoms with van der Waals surface area (Å²) >= 11 is 0. The third-order valence-electron chi connectivity index (χ3n) is 2.14. The summed E-state index contributed by atoms with van der Waals surface area (Å²) in [6.45, 7) is 6.89. The Morgan fingerprint density at radius 3 is 2.41 bits per heavy atom. The van der Waals surface area contributed by atoms with Gasteiger partial charge in [-0.25, -0.2) is 0 Å². The molecule has 0 radical (unpaired) electrons. The summed E-state index contributed by atoms with van der Waals surface area (Å²) in [5, 5.41) is 0. The zero-order valence-electron chi connectivity index (χ0n) is 10.9. The maximum absolute atomic E-state index is 10.8. The molecule has 0 aromatic heterocycles. The van der Waals surface area contributed by atoms with E-state index in [0.717, 1.165) is 17.8 Å². The zero-order valence-corrected chi connectivity index (χ0v) is 13.8. The Morgan fingerprint density at radius 1 is 1.35 bits per heavy atom. The fourth-order valence-corrected chi connectivity index (χ4v) is 1.39. The van der Waals surface area contributed by atoms with E-state index in [2.05, 4.69) is 4.67 Å². The summed E-state index contributed by atoms with van der Waals surface area (Å²) in [7, 11) is -3.86. The first kappa shape index (κ1) is 17.2. The molecular formula is C11H16NaO4P. The molecule has 0 saturated heterocycles. The third-order valence-corrected chi connectivity index (χ3v) is 2.49. The van der Waals surface area contributed by atoms with Crippen LogP contribution in [0.4, 0.5) is 0 Å². The average molecular weight is 266 g/mol. The van der Waals surface area contributed by atoms with Gasteiger partial charge in [0.1, 0.15) is 0 Å². The molecule has 1 atom stereocenters. The van der Waals surface area contributed by atoms with E-state index in [1.54, 1.807) is 6.07 Å². The van der Waals surface area contributed by atoms with Gasteiger partial charge in [0.25, 0.3) is 0 Å². The zero-order chi connectivity index (χ0) is 12.3. The van der Waals surface area contributed by atoms with E-state index < -0.39 is 7.60 Å². The van der Waals surface area contributed by atoms with E-state index in [4.69, 9.17) is 4.89 Å². The van der Waals surface area contributed by atoms with Crippen molar-refractivity contribution in [2.45, 2.75) is 26.7 Å². The molecule has 90 valence electrons. The van der Waals surface area contributed by atoms with Crippen molar-refractivity contribution in [3.8, 4) is 5.75 Å². The molecular weight excluding hydrogens is 250 g/mol. The van der Waals surface area contributed by atoms with Gasteiger partial charge in [0.05, 0.1) is 0 Å². The second kappa shape index (κ2) is 6.93. The third kappa shape index (κ3) is 6.05. The van der Waals surface area contributed by atoms with Crippen LogP contribution in [0.5, 0.6) is 5.75 Å². The summed E-state index contributed by atoms with van der Waals surface area (Å²) in [4.78, 5) is 15.6. The van der Waals surface area contributed by atoms with Crippen molar-refractivity contribution in [2.24, 2.45) is 0 Å². The van der Waals surface area contributed by atoms with Crippen LogP contribution in [0, 0.1) is 6.92 Å². The quantitative estimate of drug-likeness (QED) is 0.322. The number of hydrogen-bond donors (Lipinski definition) is 0. The van der Waals surface area contributed by atoms with Gasteiger partial charge in [-0.2, -0.15) is 0 Å². The molecule has 0 heterocycles. The molecule has 1 unspecified atom stereocenters. The Labute approximate surface area is 124 Å². The monoisotopic (exact) mass is 266 g/mol. The van der Waals surface area contributed by atoms with Crippen molar-refractivity contribution in [1.82, 2.24) is 0 Å². The first-order valence-electron chi connectivity index (χ1n) is 5.05. The molecule has 0 bridgehead atoms. The van der Waals surface area contributed by atoms with Gasteiger partial charge in [-0.15, -0.1) is 4.67 Å². The Kier molecular flexibility index (Phi) is 7.00. The molecule has 0 saturated carbocycles. The summed E-state index contributed by atoms with van der Waals surface area (Å²) in [6.07, 6.45) is 0. The minimum atomic E-state index is -3.86. The second-order valence-electron chi connectivity index (χ2n) is 4.11. The van der Waals surface area contributed by atoms with Crippen LogP contribution in [-0.4, -0.2) is 6.66 Å². The van der Waals surface area contributed by atoms with E-state index >= 15 is 0 Å². The molecule has 0 aliphatic rings. The van der Waals surface area contributed by atoms with Gasteiger partial charge in [0.15, 0.2) is 13.3 Å². The van der Waals surface area contributed by atoms with Crippen molar-refractivity contribution in [3.05, 3.63) is 29.3 Å². The summed E-state index contributed by atoms with van der Waals surface area (Å²) in [6, 6.07) is 5.64. The van der Waals surface area contributed by atoms with Crippen LogP contribution in [0.25, 0.3) is 0 Å². The van der Waals surface area contributed by atoms with Gasteiger partial charge < -0.3 is 14.3 Å². The molecule has 0 spiro atoms. The maximum Gasteiger partial charge on any atom is 1.00 e. The fraction of sp³-hybridized carbons (Fsp3) is 0.455. The second-order valence-corrected chi connectivity index (χ2v) is 5.80. The van der Waals surface area contributed by atoms with Gasteiger partial charge in [0.2, 0.25) is 0 Å². The molecule has 1 rings (SSSR count). The molecule has 0 aliphatic carbocycles. The number of hydrogen-bond acceptors (Lipinski definition) is 4. The molecule has 6 heteroatoms. The Balaban J connectivity index is 0.00000256. The number of benzene rings is 1. The van der Waals surface area contributed by atoms with Gasteiger partial charge in [0, 0.05) is 6.66 Å². The van der Waals surface area contributed by atoms with Gasteiger partial charge in [-0.3, -0.25) is 0 Å². The molecule has 0 N–H and O–H groups in total. The fourth-order valence-electron chi connectivity index (χ4n) is 1.17. The van der Waals surface area contributed by atoms with Crippen molar-refractivity contribution in [2.75, 3.05) is 6.66 Å². The molecule has 4 nitrogen and oxygen atoms in total. The van der Waals surface area contributed by atoms with Crippen molar-refractivity contribution >= 4 is 7.60 Å². The number of aryl methyl sites for hydroxylation is 1. The maximum atomic E-state index is 10.8. The average Bonchev–Trinajstić information content (AvgIpc) is 2.14. The van der Waals surface area contributed by atoms with Crippen LogP contribution in [-0.2, 0) is 9.24 Å². The van der Waals surface area contributed by atoms with Crippen LogP contribution in [0.15, 0.2) is 18.2 Å². The smallest absolute Gasteiger partial charge is 0.776 e. The van der Waals surface area contributed by atoms with Crippen LogP contribution < -0.4 is 39.3 Å². The van der Waals surface area contributed by atoms with Crippen molar-refractivity contribution in [1.29, 1.82) is 0 Å². The standard InChI is InChI=1S/C11H17O4P.Na/c1-8(2)10-6-5-9(3)11(7-10)14-15-16(4,12)13;/h5-8H,1-4H3,(H,12,13);/q;+1/p-1. The number of rotatable bonds is 4. The molecule has 1 aromatic rings. The largest absolute Gasteiger partial charge is 1.00 e. The first-order chi connectivity index (χ1) is 7.29. The minimum absolute atomic E-state index is 0. The van der Waals surface area contributed by atoms with E-state index in [1.165, 1.54) is 0 Å². The summed E-state index contributed by atoms with van der Waals surface area (Å²) in [5.41, 5.74) is 1.90. The van der Waals surface area contributed by atoms with Crippen LogP contribution in [0.1, 0.15) is 30.9 Å². The summed E-state index contributed by atoms with van der Waals surface area (Å²) in [5.74, 6) is 0.785. The molecule has 0 aliphatic heterocycles. The van der Waals surface area contributed by atoms with Crippen LogP contribution >= 0.6 is 7.60 Å². The SMILES string of the molecule is Cc1ccc(C(C)C)cc1OOP(C)(=O)[O-].[Na+]. The van der Waals surface area contributed by atoms with Gasteiger partial charge in [-0.1, -0.05) is 26.0 Å². The van der Waals surface area contributed by atoms with Crippen LogP contribution in [0.3, 0.4) is 0 Å². The van der Waals surface area contributed by atoms with Crippen molar-refractivity contribution in [3.63, 3.8) is 0 Å². The normalized spacial score (nSPS) is 14.0. The summed E-state index contributed by atoms with van der Waals surface area (Å²) < 4.78 is 15.1. The Morgan fingerprint density at radius 2 is 1.94 bits per heavy atom. The van der Waals surface area contributed by atoms with Crippen molar-refractivity contribution < 1.29 is 48.6 Å². The van der Waals surface area contributed by atoms with E-state index in [1.807, 2.05) is 32.9 Å². The van der Waals surface area contributed by atoms with E-state index in [-0.39, 0.29) is 29.6 Å². The van der Waals surface area contributed by atoms with E-state index in [0.29, 0.717) is 11.7 Å². The van der Waals surface area contributed by atoms with Crippen LogP contribution in [0.2, 0.25) is 0 Å². The Bertz CT molecular complexity index is 414. The molecule has 0 fully saturated rings. The predicted molar refractivity (Wildman–Crippen MR) is 60.5 cm³/mol. The van der Waals surface area contributed by atoms with Gasteiger partial charge in [-0.05, 0) is 30.0 Å². The minimum Gasteiger partial charge on any atom is -0.776 e. The molecule has 17 heavy (non-hydrogen) atoms. The predicted octanol–water partition coefficient (Wildman–Crippen LogP) is -0.384. The van der Waals surface area contributed by atoms with E-state index in [9.17, 15) is 9.46 Å². The Hall–Kier alpha value is 0.170. The topological polar surface area (TPSA) is 58.6 Å². The molecule has 0 amide bonds. The molecule has 1 aromatic carbocycles. The first-order valence-corrected chi connectivity index (χ1v) is 7.04. The van der Waals surface area contributed by atoms with Gasteiger partial charge >= 0.3 is 29.6 Å².